The van der Waals surface area contributed by atoms with Crippen molar-refractivity contribution in [2.24, 2.45) is 5.92 Å². The van der Waals surface area contributed by atoms with E-state index in [9.17, 15) is 9.59 Å². The van der Waals surface area contributed by atoms with Crippen molar-refractivity contribution in [3.8, 4) is 11.5 Å². The first-order chi connectivity index (χ1) is 12.5. The Hall–Kier alpha value is -3.28. The first kappa shape index (κ1) is 17.5. The van der Waals surface area contributed by atoms with E-state index in [4.69, 9.17) is 9.47 Å². The summed E-state index contributed by atoms with van der Waals surface area (Å²) in [6.07, 6.45) is 0. The summed E-state index contributed by atoms with van der Waals surface area (Å²) in [4.78, 5) is 25.2. The average molecular weight is 352 g/mol. The fourth-order valence-electron chi connectivity index (χ4n) is 3.12. The predicted octanol–water partition coefficient (Wildman–Crippen LogP) is 3.07. The number of hydrogen-bond acceptors (Lipinski definition) is 4. The highest BCUT2D eigenvalue weighted by Gasteiger charge is 2.39. The third-order valence-electron chi connectivity index (χ3n) is 4.38. The number of amides is 2. The second-order valence-corrected chi connectivity index (χ2v) is 5.92. The van der Waals surface area contributed by atoms with Gasteiger partial charge in [-0.2, -0.15) is 0 Å². The lowest BCUT2D eigenvalue weighted by Crippen LogP contribution is -2.50. The molecule has 2 amide bonds. The second-order valence-electron chi connectivity index (χ2n) is 5.92. The maximum Gasteiger partial charge on any atom is 0.319 e. The van der Waals surface area contributed by atoms with Gasteiger partial charge in [0.25, 0.3) is 0 Å². The fourth-order valence-corrected chi connectivity index (χ4v) is 3.12. The first-order valence-corrected chi connectivity index (χ1v) is 8.12. The molecule has 1 saturated heterocycles. The molecule has 0 radical (unpaired) electrons. The number of rotatable bonds is 5. The normalized spacial score (nSPS) is 19.3. The summed E-state index contributed by atoms with van der Waals surface area (Å²) in [6.45, 7) is 3.90. The monoisotopic (exact) mass is 352 g/mol. The van der Waals surface area contributed by atoms with Crippen LogP contribution in [0, 0.1) is 5.92 Å². The Kier molecular flexibility index (Phi) is 4.93. The Balaban J connectivity index is 2.08. The molecule has 2 aromatic rings. The molecule has 0 aromatic heterocycles. The summed E-state index contributed by atoms with van der Waals surface area (Å²) in [6, 6.07) is 13.1. The summed E-state index contributed by atoms with van der Waals surface area (Å²) in [5.41, 5.74) is 1.54. The molecule has 0 saturated carbocycles. The molecular formula is C20H20N2O4. The summed E-state index contributed by atoms with van der Waals surface area (Å²) in [5.74, 6) is 0.329. The Morgan fingerprint density at radius 1 is 1.08 bits per heavy atom. The smallest absolute Gasteiger partial charge is 0.319 e. The predicted molar refractivity (Wildman–Crippen MR) is 97.4 cm³/mol. The molecule has 0 spiro atoms. The lowest BCUT2D eigenvalue weighted by Gasteiger charge is -2.34. The van der Waals surface area contributed by atoms with Crippen molar-refractivity contribution in [2.45, 2.75) is 6.04 Å². The van der Waals surface area contributed by atoms with E-state index in [2.05, 4.69) is 17.2 Å². The van der Waals surface area contributed by atoms with E-state index in [1.54, 1.807) is 49.6 Å². The van der Waals surface area contributed by atoms with Gasteiger partial charge in [-0.15, -0.1) is 0 Å². The van der Waals surface area contributed by atoms with Gasteiger partial charge >= 0.3 is 6.03 Å². The SMILES string of the molecule is C=C1NC(=O)N[C@@H](c2cc(OC)ccc2OC)[C@@H]1C(=O)c1ccccc1. The standard InChI is InChI=1S/C20H20N2O4/c1-12-17(19(23)13-7-5-4-6-8-13)18(22-20(24)21-12)15-11-14(25-2)9-10-16(15)26-3/h4-11,17-18H,1H2,2-3H3,(H2,21,22,24)/t17-,18+/m1/s1. The lowest BCUT2D eigenvalue weighted by molar-refractivity contribution is 0.0904. The van der Waals surface area contributed by atoms with Crippen molar-refractivity contribution in [1.29, 1.82) is 0 Å². The largest absolute Gasteiger partial charge is 0.497 e. The molecule has 3 rings (SSSR count). The summed E-state index contributed by atoms with van der Waals surface area (Å²) >= 11 is 0. The molecular weight excluding hydrogens is 332 g/mol. The lowest BCUT2D eigenvalue weighted by atomic mass is 9.83. The molecule has 0 aliphatic carbocycles. The summed E-state index contributed by atoms with van der Waals surface area (Å²) in [7, 11) is 3.09. The number of ether oxygens (including phenoxy) is 2. The number of urea groups is 1. The van der Waals surface area contributed by atoms with Crippen LogP contribution in [0.1, 0.15) is 22.0 Å². The molecule has 6 nitrogen and oxygen atoms in total. The number of methoxy groups -OCH3 is 2. The van der Waals surface area contributed by atoms with E-state index in [1.807, 2.05) is 6.07 Å². The van der Waals surface area contributed by atoms with Crippen LogP contribution in [0.15, 0.2) is 60.8 Å². The van der Waals surface area contributed by atoms with Crippen molar-refractivity contribution in [3.05, 3.63) is 71.9 Å². The van der Waals surface area contributed by atoms with Gasteiger partial charge in [-0.25, -0.2) is 4.79 Å². The van der Waals surface area contributed by atoms with Crippen molar-refractivity contribution in [2.75, 3.05) is 14.2 Å². The van der Waals surface area contributed by atoms with Crippen LogP contribution >= 0.6 is 0 Å². The summed E-state index contributed by atoms with van der Waals surface area (Å²) in [5, 5.41) is 5.43. The minimum Gasteiger partial charge on any atom is -0.497 e. The van der Waals surface area contributed by atoms with Gasteiger partial charge in [-0.3, -0.25) is 4.79 Å². The molecule has 134 valence electrons. The Labute approximate surface area is 151 Å². The van der Waals surface area contributed by atoms with Crippen LogP contribution < -0.4 is 20.1 Å². The Morgan fingerprint density at radius 3 is 2.46 bits per heavy atom. The molecule has 2 N–H and O–H groups in total. The number of Topliss-reactive ketones (excluding diaryl/α,β-unsaturated/α-hetero) is 1. The average Bonchev–Trinajstić information content (AvgIpc) is 2.67. The van der Waals surface area contributed by atoms with Gasteiger partial charge in [0.2, 0.25) is 0 Å². The van der Waals surface area contributed by atoms with Gasteiger partial charge in [0.1, 0.15) is 11.5 Å². The maximum atomic E-state index is 13.1. The Bertz CT molecular complexity index is 848. The second kappa shape index (κ2) is 7.31. The molecule has 2 aromatic carbocycles. The molecule has 2 atom stereocenters. The zero-order valence-electron chi connectivity index (χ0n) is 14.6. The van der Waals surface area contributed by atoms with Crippen LogP contribution in [-0.2, 0) is 0 Å². The van der Waals surface area contributed by atoms with Crippen molar-refractivity contribution in [3.63, 3.8) is 0 Å². The van der Waals surface area contributed by atoms with Gasteiger partial charge in [0, 0.05) is 16.8 Å². The fraction of sp³-hybridized carbons (Fsp3) is 0.200. The zero-order valence-corrected chi connectivity index (χ0v) is 14.6. The molecule has 1 aliphatic heterocycles. The van der Waals surface area contributed by atoms with E-state index in [0.29, 0.717) is 28.3 Å². The van der Waals surface area contributed by atoms with Crippen LogP contribution in [0.2, 0.25) is 0 Å². The van der Waals surface area contributed by atoms with Gasteiger partial charge < -0.3 is 20.1 Å². The maximum absolute atomic E-state index is 13.1. The van der Waals surface area contributed by atoms with Crippen LogP contribution in [0.25, 0.3) is 0 Å². The van der Waals surface area contributed by atoms with E-state index in [0.717, 1.165) is 0 Å². The van der Waals surface area contributed by atoms with Crippen LogP contribution in [0.3, 0.4) is 0 Å². The van der Waals surface area contributed by atoms with Crippen LogP contribution in [-0.4, -0.2) is 26.0 Å². The van der Waals surface area contributed by atoms with Gasteiger partial charge in [0.05, 0.1) is 26.2 Å². The van der Waals surface area contributed by atoms with Gasteiger partial charge in [0.15, 0.2) is 5.78 Å². The van der Waals surface area contributed by atoms with Crippen LogP contribution in [0.5, 0.6) is 11.5 Å². The highest BCUT2D eigenvalue weighted by atomic mass is 16.5. The topological polar surface area (TPSA) is 76.7 Å². The number of hydrogen-bond donors (Lipinski definition) is 2. The number of carbonyl (C=O) groups excluding carboxylic acids is 2. The van der Waals surface area contributed by atoms with Gasteiger partial charge in [-0.1, -0.05) is 36.9 Å². The molecule has 26 heavy (non-hydrogen) atoms. The third kappa shape index (κ3) is 3.26. The molecule has 1 heterocycles. The van der Waals surface area contributed by atoms with Crippen molar-refractivity contribution >= 4 is 11.8 Å². The third-order valence-corrected chi connectivity index (χ3v) is 4.38. The van der Waals surface area contributed by atoms with Crippen molar-refractivity contribution in [1.82, 2.24) is 10.6 Å². The zero-order chi connectivity index (χ0) is 18.7. The van der Waals surface area contributed by atoms with E-state index < -0.39 is 18.0 Å². The minimum atomic E-state index is -0.684. The summed E-state index contributed by atoms with van der Waals surface area (Å²) < 4.78 is 10.7. The van der Waals surface area contributed by atoms with Crippen molar-refractivity contribution < 1.29 is 19.1 Å². The van der Waals surface area contributed by atoms with Gasteiger partial charge in [-0.05, 0) is 18.2 Å². The molecule has 0 bridgehead atoms. The highest BCUT2D eigenvalue weighted by molar-refractivity contribution is 6.01. The highest BCUT2D eigenvalue weighted by Crippen LogP contribution is 2.38. The molecule has 1 fully saturated rings. The Morgan fingerprint density at radius 2 is 1.81 bits per heavy atom. The number of carbonyl (C=O) groups is 2. The molecule has 0 unspecified atom stereocenters. The van der Waals surface area contributed by atoms with Crippen LogP contribution in [0.4, 0.5) is 4.79 Å². The number of benzene rings is 2. The van der Waals surface area contributed by atoms with E-state index in [-0.39, 0.29) is 5.78 Å². The number of nitrogens with one attached hydrogen (secondary N) is 2. The molecule has 6 heteroatoms. The quantitative estimate of drug-likeness (QED) is 0.811. The molecule has 1 aliphatic rings. The minimum absolute atomic E-state index is 0.141. The number of ketones is 1. The first-order valence-electron chi connectivity index (χ1n) is 8.12. The van der Waals surface area contributed by atoms with E-state index >= 15 is 0 Å². The van der Waals surface area contributed by atoms with E-state index in [1.165, 1.54) is 7.11 Å².